The zero-order valence-electron chi connectivity index (χ0n) is 9.66. The summed E-state index contributed by atoms with van der Waals surface area (Å²) in [6.45, 7) is 1.94. The Kier molecular flexibility index (Phi) is 3.03. The molecule has 1 saturated heterocycles. The summed E-state index contributed by atoms with van der Waals surface area (Å²) in [6.07, 6.45) is 1.91. The number of halogens is 1. The molecule has 2 amide bonds. The third-order valence-electron chi connectivity index (χ3n) is 2.87. The van der Waals surface area contributed by atoms with Crippen molar-refractivity contribution in [2.24, 2.45) is 0 Å². The van der Waals surface area contributed by atoms with Gasteiger partial charge in [0, 0.05) is 17.6 Å². The van der Waals surface area contributed by atoms with E-state index in [2.05, 4.69) is 0 Å². The van der Waals surface area contributed by atoms with E-state index in [9.17, 15) is 9.59 Å². The summed E-state index contributed by atoms with van der Waals surface area (Å²) >= 11 is 5.90. The fourth-order valence-corrected chi connectivity index (χ4v) is 1.93. The minimum absolute atomic E-state index is 0.166. The van der Waals surface area contributed by atoms with Gasteiger partial charge in [0.15, 0.2) is 0 Å². The molecule has 1 aliphatic heterocycles. The highest BCUT2D eigenvalue weighted by atomic mass is 35.5. The molecule has 0 spiro atoms. The summed E-state index contributed by atoms with van der Waals surface area (Å²) in [5.41, 5.74) is 2.42. The first-order valence-electron chi connectivity index (χ1n) is 5.26. The lowest BCUT2D eigenvalue weighted by Gasteiger charge is -2.04. The van der Waals surface area contributed by atoms with Crippen molar-refractivity contribution < 1.29 is 9.59 Å². The van der Waals surface area contributed by atoms with E-state index < -0.39 is 0 Å². The highest BCUT2D eigenvalue weighted by Crippen LogP contribution is 2.23. The predicted molar refractivity (Wildman–Crippen MR) is 66.6 cm³/mol. The predicted octanol–water partition coefficient (Wildman–Crippen LogP) is 2.42. The van der Waals surface area contributed by atoms with Gasteiger partial charge in [-0.1, -0.05) is 17.7 Å². The van der Waals surface area contributed by atoms with Crippen LogP contribution in [0, 0.1) is 6.92 Å². The first kappa shape index (κ1) is 11.9. The molecule has 1 aromatic carbocycles. The van der Waals surface area contributed by atoms with Crippen molar-refractivity contribution in [3.8, 4) is 0 Å². The number of carbonyl (C=O) groups is 2. The number of benzene rings is 1. The normalized spacial score (nSPS) is 18.3. The van der Waals surface area contributed by atoms with Gasteiger partial charge in [0.2, 0.25) is 5.91 Å². The van der Waals surface area contributed by atoms with E-state index in [-0.39, 0.29) is 18.2 Å². The Bertz CT molecular complexity index is 534. The fourth-order valence-electron chi connectivity index (χ4n) is 1.75. The monoisotopic (exact) mass is 249 g/mol. The first-order chi connectivity index (χ1) is 7.99. The molecule has 0 N–H and O–H groups in total. The van der Waals surface area contributed by atoms with E-state index in [0.29, 0.717) is 10.6 Å². The summed E-state index contributed by atoms with van der Waals surface area (Å²) in [7, 11) is 1.50. The van der Waals surface area contributed by atoms with Crippen molar-refractivity contribution in [1.29, 1.82) is 0 Å². The van der Waals surface area contributed by atoms with Gasteiger partial charge in [-0.25, -0.2) is 0 Å². The Morgan fingerprint density at radius 3 is 2.65 bits per heavy atom. The van der Waals surface area contributed by atoms with Crippen LogP contribution in [0.25, 0.3) is 6.08 Å². The van der Waals surface area contributed by atoms with Crippen molar-refractivity contribution in [3.63, 3.8) is 0 Å². The molecule has 1 fully saturated rings. The number of carbonyl (C=O) groups excluding carboxylic acids is 2. The first-order valence-corrected chi connectivity index (χ1v) is 5.64. The molecule has 17 heavy (non-hydrogen) atoms. The number of likely N-dealkylation sites (N-methyl/N-ethyl adjacent to an activating group) is 1. The van der Waals surface area contributed by atoms with Crippen LogP contribution >= 0.6 is 11.6 Å². The lowest BCUT2D eigenvalue weighted by molar-refractivity contribution is -0.135. The molecule has 0 bridgehead atoms. The molecule has 0 atom stereocenters. The van der Waals surface area contributed by atoms with Crippen molar-refractivity contribution in [1.82, 2.24) is 4.90 Å². The summed E-state index contributed by atoms with van der Waals surface area (Å²) in [5, 5.41) is 0.618. The zero-order valence-corrected chi connectivity index (χ0v) is 10.4. The molecule has 0 aliphatic carbocycles. The summed E-state index contributed by atoms with van der Waals surface area (Å²) in [4.78, 5) is 24.2. The standard InChI is InChI=1S/C13H12ClNO2/c1-8-3-4-11(14)6-9(8)5-10-7-12(16)15(2)13(10)17/h3-6H,7H2,1-2H3/b10-5+. The quantitative estimate of drug-likeness (QED) is 0.566. The average molecular weight is 250 g/mol. The number of nitrogens with zero attached hydrogens (tertiary/aromatic N) is 1. The fraction of sp³-hybridized carbons (Fsp3) is 0.231. The lowest BCUT2D eigenvalue weighted by Crippen LogP contribution is -2.23. The van der Waals surface area contributed by atoms with Crippen LogP contribution in [0.4, 0.5) is 0 Å². The molecule has 0 aromatic heterocycles. The Morgan fingerprint density at radius 1 is 1.35 bits per heavy atom. The molecule has 1 heterocycles. The summed E-state index contributed by atoms with van der Waals surface area (Å²) in [5.74, 6) is -0.393. The van der Waals surface area contributed by atoms with Crippen LogP contribution in [0.3, 0.4) is 0 Å². The Morgan fingerprint density at radius 2 is 2.06 bits per heavy atom. The van der Waals surface area contributed by atoms with Crippen LogP contribution in [0.1, 0.15) is 17.5 Å². The van der Waals surface area contributed by atoms with E-state index in [1.165, 1.54) is 7.05 Å². The SMILES string of the molecule is Cc1ccc(Cl)cc1/C=C1\CC(=O)N(C)C1=O. The molecule has 3 nitrogen and oxygen atoms in total. The molecular weight excluding hydrogens is 238 g/mol. The molecule has 1 aromatic rings. The number of amides is 2. The molecule has 0 saturated carbocycles. The van der Waals surface area contributed by atoms with Crippen LogP contribution in [0.15, 0.2) is 23.8 Å². The van der Waals surface area contributed by atoms with E-state index in [1.54, 1.807) is 18.2 Å². The molecule has 0 radical (unpaired) electrons. The number of aryl methyl sites for hydroxylation is 1. The number of imide groups is 1. The molecule has 1 aliphatic rings. The highest BCUT2D eigenvalue weighted by Gasteiger charge is 2.30. The number of rotatable bonds is 1. The average Bonchev–Trinajstić information content (AvgIpc) is 2.52. The van der Waals surface area contributed by atoms with Crippen LogP contribution in [-0.2, 0) is 9.59 Å². The van der Waals surface area contributed by atoms with Crippen LogP contribution in [0.2, 0.25) is 5.02 Å². The van der Waals surface area contributed by atoms with Gasteiger partial charge < -0.3 is 0 Å². The molecule has 2 rings (SSSR count). The van der Waals surface area contributed by atoms with Crippen molar-refractivity contribution in [2.75, 3.05) is 7.05 Å². The lowest BCUT2D eigenvalue weighted by atomic mass is 10.0. The summed E-state index contributed by atoms with van der Waals surface area (Å²) in [6, 6.07) is 5.48. The Balaban J connectivity index is 2.40. The van der Waals surface area contributed by atoms with Gasteiger partial charge in [-0.3, -0.25) is 14.5 Å². The van der Waals surface area contributed by atoms with Crippen LogP contribution in [-0.4, -0.2) is 23.8 Å². The summed E-state index contributed by atoms with van der Waals surface area (Å²) < 4.78 is 0. The van der Waals surface area contributed by atoms with Gasteiger partial charge in [-0.05, 0) is 36.3 Å². The maximum atomic E-state index is 11.7. The maximum absolute atomic E-state index is 11.7. The van der Waals surface area contributed by atoms with E-state index in [0.717, 1.165) is 16.0 Å². The van der Waals surface area contributed by atoms with Gasteiger partial charge in [0.25, 0.3) is 5.91 Å². The van der Waals surface area contributed by atoms with Crippen molar-refractivity contribution in [2.45, 2.75) is 13.3 Å². The largest absolute Gasteiger partial charge is 0.282 e. The highest BCUT2D eigenvalue weighted by molar-refractivity contribution is 6.30. The van der Waals surface area contributed by atoms with Crippen LogP contribution in [0.5, 0.6) is 0 Å². The Labute approximate surface area is 105 Å². The van der Waals surface area contributed by atoms with Gasteiger partial charge in [-0.15, -0.1) is 0 Å². The third-order valence-corrected chi connectivity index (χ3v) is 3.10. The third kappa shape index (κ3) is 2.24. The minimum Gasteiger partial charge on any atom is -0.282 e. The van der Waals surface area contributed by atoms with Crippen molar-refractivity contribution >= 4 is 29.5 Å². The van der Waals surface area contributed by atoms with Gasteiger partial charge >= 0.3 is 0 Å². The van der Waals surface area contributed by atoms with Gasteiger partial charge in [-0.2, -0.15) is 0 Å². The molecule has 0 unspecified atom stereocenters. The topological polar surface area (TPSA) is 37.4 Å². The molecular formula is C13H12ClNO2. The van der Waals surface area contributed by atoms with Crippen molar-refractivity contribution in [3.05, 3.63) is 39.9 Å². The van der Waals surface area contributed by atoms with E-state index in [1.807, 2.05) is 13.0 Å². The second-order valence-electron chi connectivity index (χ2n) is 4.11. The Hall–Kier alpha value is -1.61. The maximum Gasteiger partial charge on any atom is 0.256 e. The number of likely N-dealkylation sites (tertiary alicyclic amines) is 1. The second kappa shape index (κ2) is 4.34. The van der Waals surface area contributed by atoms with Crippen LogP contribution < -0.4 is 0 Å². The molecule has 88 valence electrons. The minimum atomic E-state index is -0.227. The number of hydrogen-bond donors (Lipinski definition) is 0. The zero-order chi connectivity index (χ0) is 12.6. The van der Waals surface area contributed by atoms with Gasteiger partial charge in [0.1, 0.15) is 0 Å². The van der Waals surface area contributed by atoms with E-state index in [4.69, 9.17) is 11.6 Å². The molecule has 4 heteroatoms. The van der Waals surface area contributed by atoms with E-state index >= 15 is 0 Å². The second-order valence-corrected chi connectivity index (χ2v) is 4.54. The smallest absolute Gasteiger partial charge is 0.256 e. The number of hydrogen-bond acceptors (Lipinski definition) is 2. The van der Waals surface area contributed by atoms with Gasteiger partial charge in [0.05, 0.1) is 6.42 Å².